The number of rotatable bonds is 2. The molecule has 0 saturated carbocycles. The Hall–Kier alpha value is -3.05. The first kappa shape index (κ1) is 34.0. The second kappa shape index (κ2) is 18.2. The number of aliphatic imine (C=N–C) groups is 2. The normalized spacial score (nSPS) is 10.8. The van der Waals surface area contributed by atoms with Gasteiger partial charge < -0.3 is 9.97 Å². The summed E-state index contributed by atoms with van der Waals surface area (Å²) < 4.78 is 0. The standard InChI is InChI=1S/2C9H13N2.2C7H7.Hf/c2*1-9(2,3)11-7-8-5-4-6-10-8;2*1-7-5-3-2-4-6-7;/h2*4-7H,1-3H3;2*2-6H,1H2;/q4*-1;+4. The fourth-order valence-electron chi connectivity index (χ4n) is 2.26. The molecule has 2 heterocycles. The van der Waals surface area contributed by atoms with Crippen LogP contribution in [0.4, 0.5) is 0 Å². The number of nitrogens with zero attached hydrogens (tertiary/aromatic N) is 4. The Morgan fingerprint density at radius 2 is 0.865 bits per heavy atom. The van der Waals surface area contributed by atoms with Gasteiger partial charge in [0.2, 0.25) is 0 Å². The molecule has 2 aromatic carbocycles. The first-order valence-corrected chi connectivity index (χ1v) is 11.9. The van der Waals surface area contributed by atoms with Gasteiger partial charge in [-0.1, -0.05) is 36.4 Å². The quantitative estimate of drug-likeness (QED) is 0.128. The molecule has 192 valence electrons. The van der Waals surface area contributed by atoms with Crippen LogP contribution in [0.5, 0.6) is 0 Å². The molecule has 0 spiro atoms. The van der Waals surface area contributed by atoms with Crippen LogP contribution in [0, 0.1) is 13.8 Å². The Kier molecular flexibility index (Phi) is 16.7. The third-order valence-corrected chi connectivity index (χ3v) is 4.01. The van der Waals surface area contributed by atoms with Crippen LogP contribution in [-0.4, -0.2) is 23.5 Å². The van der Waals surface area contributed by atoms with Gasteiger partial charge in [0, 0.05) is 12.4 Å². The molecule has 4 rings (SSSR count). The molecule has 0 aliphatic heterocycles. The number of hydrogen-bond acceptors (Lipinski definition) is 2. The molecule has 0 bridgehead atoms. The van der Waals surface area contributed by atoms with Gasteiger partial charge in [-0.05, 0) is 41.5 Å². The van der Waals surface area contributed by atoms with Gasteiger partial charge in [0.05, 0.1) is 11.1 Å². The molecular formula is C32H40HfN4. The van der Waals surface area contributed by atoms with Crippen molar-refractivity contribution >= 4 is 12.4 Å². The average Bonchev–Trinajstić information content (AvgIpc) is 3.52. The van der Waals surface area contributed by atoms with E-state index < -0.39 is 0 Å². The van der Waals surface area contributed by atoms with Gasteiger partial charge in [-0.25, -0.2) is 0 Å². The molecule has 5 heteroatoms. The summed E-state index contributed by atoms with van der Waals surface area (Å²) in [7, 11) is 0. The minimum absolute atomic E-state index is 0. The Morgan fingerprint density at radius 3 is 1.05 bits per heavy atom. The summed E-state index contributed by atoms with van der Waals surface area (Å²) in [5.74, 6) is 0. The second-order valence-electron chi connectivity index (χ2n) is 9.95. The van der Waals surface area contributed by atoms with Crippen LogP contribution in [0.25, 0.3) is 0 Å². The first-order chi connectivity index (χ1) is 16.9. The van der Waals surface area contributed by atoms with Crippen molar-refractivity contribution in [1.82, 2.24) is 9.97 Å². The predicted octanol–water partition coefficient (Wildman–Crippen LogP) is 7.46. The van der Waals surface area contributed by atoms with Crippen molar-refractivity contribution < 1.29 is 25.8 Å². The Labute approximate surface area is 243 Å². The third kappa shape index (κ3) is 20.8. The average molecular weight is 659 g/mol. The Balaban J connectivity index is 0.000000473. The van der Waals surface area contributed by atoms with E-state index in [2.05, 4.69) is 75.3 Å². The van der Waals surface area contributed by atoms with E-state index in [0.29, 0.717) is 0 Å². The van der Waals surface area contributed by atoms with Gasteiger partial charge in [0.25, 0.3) is 0 Å². The molecule has 0 saturated heterocycles. The van der Waals surface area contributed by atoms with E-state index in [1.165, 1.54) is 0 Å². The minimum Gasteiger partial charge on any atom is -0.663 e. The Morgan fingerprint density at radius 1 is 0.541 bits per heavy atom. The Bertz CT molecular complexity index is 994. The molecule has 2 aromatic heterocycles. The maximum Gasteiger partial charge on any atom is 4.00 e. The third-order valence-electron chi connectivity index (χ3n) is 4.01. The van der Waals surface area contributed by atoms with Crippen molar-refractivity contribution in [2.24, 2.45) is 9.98 Å². The summed E-state index contributed by atoms with van der Waals surface area (Å²) in [4.78, 5) is 16.8. The number of benzene rings is 2. The van der Waals surface area contributed by atoms with Crippen molar-refractivity contribution in [3.63, 3.8) is 0 Å². The molecule has 0 radical (unpaired) electrons. The van der Waals surface area contributed by atoms with Crippen LogP contribution >= 0.6 is 0 Å². The topological polar surface area (TPSA) is 52.9 Å². The van der Waals surface area contributed by atoms with Crippen molar-refractivity contribution in [3.8, 4) is 0 Å². The van der Waals surface area contributed by atoms with E-state index in [9.17, 15) is 0 Å². The molecule has 0 atom stereocenters. The van der Waals surface area contributed by atoms with Gasteiger partial charge in [0.1, 0.15) is 0 Å². The van der Waals surface area contributed by atoms with E-state index >= 15 is 0 Å². The van der Waals surface area contributed by atoms with Gasteiger partial charge in [-0.3, -0.25) is 9.98 Å². The summed E-state index contributed by atoms with van der Waals surface area (Å²) in [6.07, 6.45) is 7.15. The van der Waals surface area contributed by atoms with Gasteiger partial charge in [-0.2, -0.15) is 61.6 Å². The summed E-state index contributed by atoms with van der Waals surface area (Å²) in [5, 5.41) is 0. The van der Waals surface area contributed by atoms with Gasteiger partial charge >= 0.3 is 25.8 Å². The van der Waals surface area contributed by atoms with E-state index in [1.807, 2.05) is 84.9 Å². The van der Waals surface area contributed by atoms with Crippen LogP contribution < -0.4 is 9.97 Å². The molecule has 4 aromatic rings. The monoisotopic (exact) mass is 660 g/mol. The van der Waals surface area contributed by atoms with Crippen molar-refractivity contribution in [3.05, 3.63) is 134 Å². The van der Waals surface area contributed by atoms with Gasteiger partial charge in [0.15, 0.2) is 0 Å². The molecule has 0 unspecified atom stereocenters. The zero-order valence-corrected chi connectivity index (χ0v) is 26.7. The van der Waals surface area contributed by atoms with Crippen LogP contribution in [0.2, 0.25) is 0 Å². The van der Waals surface area contributed by atoms with Gasteiger partial charge in [-0.15, -0.1) is 35.7 Å². The molecular weight excluding hydrogens is 619 g/mol. The van der Waals surface area contributed by atoms with E-state index in [0.717, 1.165) is 22.5 Å². The van der Waals surface area contributed by atoms with Crippen molar-refractivity contribution in [2.75, 3.05) is 0 Å². The second-order valence-corrected chi connectivity index (χ2v) is 9.95. The summed E-state index contributed by atoms with van der Waals surface area (Å²) in [5.41, 5.74) is 4.00. The molecule has 0 aliphatic carbocycles. The van der Waals surface area contributed by atoms with E-state index in [-0.39, 0.29) is 36.9 Å². The van der Waals surface area contributed by atoms with Crippen molar-refractivity contribution in [1.29, 1.82) is 0 Å². The molecule has 0 aliphatic rings. The largest absolute Gasteiger partial charge is 4.00 e. The maximum atomic E-state index is 4.31. The molecule has 0 fully saturated rings. The number of aromatic nitrogens is 2. The molecule has 4 nitrogen and oxygen atoms in total. The maximum absolute atomic E-state index is 4.31. The summed E-state index contributed by atoms with van der Waals surface area (Å²) >= 11 is 0. The van der Waals surface area contributed by atoms with E-state index in [1.54, 1.807) is 24.8 Å². The summed E-state index contributed by atoms with van der Waals surface area (Å²) in [6.45, 7) is 19.8. The predicted molar refractivity (Wildman–Crippen MR) is 156 cm³/mol. The minimum atomic E-state index is -0.00104. The summed E-state index contributed by atoms with van der Waals surface area (Å²) in [6, 6.07) is 27.4. The first-order valence-electron chi connectivity index (χ1n) is 11.9. The number of hydrogen-bond donors (Lipinski definition) is 0. The fraction of sp³-hybridized carbons (Fsp3) is 0.250. The zero-order valence-electron chi connectivity index (χ0n) is 23.1. The zero-order chi connectivity index (χ0) is 26.9. The van der Waals surface area contributed by atoms with Crippen molar-refractivity contribution in [2.45, 2.75) is 52.6 Å². The molecule has 0 N–H and O–H groups in total. The van der Waals surface area contributed by atoms with Crippen LogP contribution in [0.1, 0.15) is 64.1 Å². The van der Waals surface area contributed by atoms with E-state index in [4.69, 9.17) is 0 Å². The SMILES string of the molecule is CC(C)(C)N=Cc1ccc[n-]1.CC(C)(C)N=Cc1ccc[n-]1.[CH2-]c1ccccc1.[CH2-]c1ccccc1.[Hf+4]. The molecule has 37 heavy (non-hydrogen) atoms. The fourth-order valence-corrected chi connectivity index (χ4v) is 2.26. The van der Waals surface area contributed by atoms with Crippen LogP contribution in [0.15, 0.2) is 107 Å². The van der Waals surface area contributed by atoms with Crippen LogP contribution in [-0.2, 0) is 25.8 Å². The molecule has 0 amide bonds. The van der Waals surface area contributed by atoms with Crippen LogP contribution in [0.3, 0.4) is 0 Å². The smallest absolute Gasteiger partial charge is 0.663 e.